The molecule has 2 amide bonds. The minimum atomic E-state index is -0.676. The van der Waals surface area contributed by atoms with E-state index in [9.17, 15) is 9.59 Å². The molecule has 1 atom stereocenters. The van der Waals surface area contributed by atoms with Crippen LogP contribution >= 0.6 is 0 Å². The maximum absolute atomic E-state index is 12.9. The Hall–Kier alpha value is -2.86. The van der Waals surface area contributed by atoms with E-state index in [2.05, 4.69) is 19.2 Å². The second-order valence-electron chi connectivity index (χ2n) is 7.86. The van der Waals surface area contributed by atoms with Crippen LogP contribution < -0.4 is 10.1 Å². The Morgan fingerprint density at radius 3 is 2.47 bits per heavy atom. The number of hydrogen-bond acceptors (Lipinski definition) is 4. The van der Waals surface area contributed by atoms with E-state index in [1.165, 1.54) is 0 Å². The highest BCUT2D eigenvalue weighted by Gasteiger charge is 2.22. The topological polar surface area (TPSA) is 67.9 Å². The van der Waals surface area contributed by atoms with Crippen molar-refractivity contribution in [3.8, 4) is 5.75 Å². The summed E-state index contributed by atoms with van der Waals surface area (Å²) >= 11 is 0. The Labute approximate surface area is 178 Å². The van der Waals surface area contributed by atoms with Crippen LogP contribution in [0.15, 0.2) is 42.5 Å². The first-order valence-electron chi connectivity index (χ1n) is 10.4. The second kappa shape index (κ2) is 9.76. The molecule has 160 valence electrons. The monoisotopic (exact) mass is 410 g/mol. The largest absolute Gasteiger partial charge is 0.481 e. The highest BCUT2D eigenvalue weighted by molar-refractivity contribution is 6.00. The van der Waals surface area contributed by atoms with Crippen molar-refractivity contribution in [2.45, 2.75) is 39.7 Å². The van der Waals surface area contributed by atoms with Gasteiger partial charge in [0, 0.05) is 24.3 Å². The van der Waals surface area contributed by atoms with Gasteiger partial charge in [0.2, 0.25) is 0 Å². The Morgan fingerprint density at radius 1 is 1.07 bits per heavy atom. The zero-order valence-corrected chi connectivity index (χ0v) is 18.1. The first kappa shape index (κ1) is 21.8. The minimum absolute atomic E-state index is 0.0401. The molecule has 0 saturated carbocycles. The van der Waals surface area contributed by atoms with Gasteiger partial charge < -0.3 is 19.7 Å². The van der Waals surface area contributed by atoms with Crippen molar-refractivity contribution in [3.05, 3.63) is 59.2 Å². The molecule has 3 rings (SSSR count). The molecule has 1 fully saturated rings. The van der Waals surface area contributed by atoms with E-state index in [0.717, 1.165) is 11.1 Å². The third-order valence-corrected chi connectivity index (χ3v) is 5.33. The molecule has 0 radical (unpaired) electrons. The van der Waals surface area contributed by atoms with E-state index in [4.69, 9.17) is 9.47 Å². The minimum Gasteiger partial charge on any atom is -0.481 e. The number of carbonyl (C=O) groups excluding carboxylic acids is 2. The Kier molecular flexibility index (Phi) is 7.11. The number of anilines is 1. The van der Waals surface area contributed by atoms with Gasteiger partial charge in [-0.05, 0) is 55.2 Å². The molecule has 1 unspecified atom stereocenters. The SMILES string of the molecule is Cc1c(NC(=O)C(C)Oc2cccc(C(C)C)c2)cccc1C(=O)N1CCOCC1. The fraction of sp³-hybridized carbons (Fsp3) is 0.417. The van der Waals surface area contributed by atoms with Crippen molar-refractivity contribution in [3.63, 3.8) is 0 Å². The van der Waals surface area contributed by atoms with Crippen LogP contribution in [-0.4, -0.2) is 49.1 Å². The molecule has 2 aromatic carbocycles. The van der Waals surface area contributed by atoms with Gasteiger partial charge in [-0.1, -0.05) is 32.0 Å². The number of morpholine rings is 1. The molecule has 1 heterocycles. The van der Waals surface area contributed by atoms with Crippen LogP contribution in [-0.2, 0) is 9.53 Å². The summed E-state index contributed by atoms with van der Waals surface area (Å²) in [6.45, 7) is 10.1. The summed E-state index contributed by atoms with van der Waals surface area (Å²) in [6, 6.07) is 13.2. The van der Waals surface area contributed by atoms with Gasteiger partial charge in [0.05, 0.1) is 13.2 Å². The summed E-state index contributed by atoms with van der Waals surface area (Å²) < 4.78 is 11.2. The first-order valence-corrected chi connectivity index (χ1v) is 10.4. The third-order valence-electron chi connectivity index (χ3n) is 5.33. The fourth-order valence-corrected chi connectivity index (χ4v) is 3.38. The van der Waals surface area contributed by atoms with Crippen LogP contribution in [0.1, 0.15) is 48.2 Å². The highest BCUT2D eigenvalue weighted by Crippen LogP contribution is 2.23. The highest BCUT2D eigenvalue weighted by atomic mass is 16.5. The number of carbonyl (C=O) groups is 2. The van der Waals surface area contributed by atoms with E-state index in [-0.39, 0.29) is 11.8 Å². The zero-order valence-electron chi connectivity index (χ0n) is 18.1. The average Bonchev–Trinajstić information content (AvgIpc) is 2.75. The van der Waals surface area contributed by atoms with E-state index < -0.39 is 6.10 Å². The van der Waals surface area contributed by atoms with E-state index in [1.54, 1.807) is 30.0 Å². The molecule has 1 aliphatic rings. The molecule has 1 N–H and O–H groups in total. The fourth-order valence-electron chi connectivity index (χ4n) is 3.38. The van der Waals surface area contributed by atoms with E-state index >= 15 is 0 Å². The number of amides is 2. The average molecular weight is 411 g/mol. The van der Waals surface area contributed by atoms with Crippen molar-refractivity contribution in [2.75, 3.05) is 31.6 Å². The lowest BCUT2D eigenvalue weighted by Gasteiger charge is -2.27. The number of benzene rings is 2. The van der Waals surface area contributed by atoms with E-state index in [0.29, 0.717) is 49.2 Å². The van der Waals surface area contributed by atoms with Crippen LogP contribution in [0, 0.1) is 6.92 Å². The summed E-state index contributed by atoms with van der Waals surface area (Å²) in [6.07, 6.45) is -0.676. The predicted octanol–water partition coefficient (Wildman–Crippen LogP) is 4.00. The van der Waals surface area contributed by atoms with Crippen LogP contribution in [0.4, 0.5) is 5.69 Å². The molecule has 6 heteroatoms. The van der Waals surface area contributed by atoms with Crippen LogP contribution in [0.5, 0.6) is 5.75 Å². The number of rotatable bonds is 6. The summed E-state index contributed by atoms with van der Waals surface area (Å²) in [7, 11) is 0. The number of ether oxygens (including phenoxy) is 2. The van der Waals surface area contributed by atoms with Crippen molar-refractivity contribution >= 4 is 17.5 Å². The van der Waals surface area contributed by atoms with Crippen LogP contribution in [0.3, 0.4) is 0 Å². The molecule has 0 spiro atoms. The molecule has 0 bridgehead atoms. The summed E-state index contributed by atoms with van der Waals surface area (Å²) in [4.78, 5) is 27.4. The molecule has 30 heavy (non-hydrogen) atoms. The molecular weight excluding hydrogens is 380 g/mol. The summed E-state index contributed by atoms with van der Waals surface area (Å²) in [5.41, 5.74) is 3.11. The van der Waals surface area contributed by atoms with Gasteiger partial charge in [-0.25, -0.2) is 0 Å². The van der Waals surface area contributed by atoms with Crippen LogP contribution in [0.2, 0.25) is 0 Å². The lowest BCUT2D eigenvalue weighted by Crippen LogP contribution is -2.41. The van der Waals surface area contributed by atoms with Crippen molar-refractivity contribution in [1.29, 1.82) is 0 Å². The summed E-state index contributed by atoms with van der Waals surface area (Å²) in [5.74, 6) is 0.745. The van der Waals surface area contributed by atoms with Crippen molar-refractivity contribution in [1.82, 2.24) is 4.90 Å². The van der Waals surface area contributed by atoms with Gasteiger partial charge in [-0.15, -0.1) is 0 Å². The standard InChI is InChI=1S/C24H30N2O4/c1-16(2)19-7-5-8-20(15-19)30-18(4)23(27)25-22-10-6-9-21(17(22)3)24(28)26-11-13-29-14-12-26/h5-10,15-16,18H,11-14H2,1-4H3,(H,25,27). The first-order chi connectivity index (χ1) is 14.4. The second-order valence-corrected chi connectivity index (χ2v) is 7.86. The Balaban J connectivity index is 1.68. The van der Waals surface area contributed by atoms with Gasteiger partial charge >= 0.3 is 0 Å². The molecule has 0 aromatic heterocycles. The maximum atomic E-state index is 12.9. The van der Waals surface area contributed by atoms with Gasteiger partial charge in [-0.2, -0.15) is 0 Å². The predicted molar refractivity (Wildman–Crippen MR) is 117 cm³/mol. The van der Waals surface area contributed by atoms with Gasteiger partial charge in [0.25, 0.3) is 11.8 Å². The molecule has 1 saturated heterocycles. The zero-order chi connectivity index (χ0) is 21.7. The normalized spacial score (nSPS) is 15.0. The Bertz CT molecular complexity index is 904. The third kappa shape index (κ3) is 5.19. The number of nitrogens with one attached hydrogen (secondary N) is 1. The van der Waals surface area contributed by atoms with Gasteiger partial charge in [0.1, 0.15) is 5.75 Å². The van der Waals surface area contributed by atoms with E-state index in [1.807, 2.05) is 31.2 Å². The molecular formula is C24H30N2O4. The van der Waals surface area contributed by atoms with Crippen molar-refractivity contribution < 1.29 is 19.1 Å². The Morgan fingerprint density at radius 2 is 1.77 bits per heavy atom. The van der Waals surface area contributed by atoms with Gasteiger partial charge in [0.15, 0.2) is 6.10 Å². The molecule has 0 aliphatic carbocycles. The number of nitrogens with zero attached hydrogens (tertiary/aromatic N) is 1. The maximum Gasteiger partial charge on any atom is 0.265 e. The lowest BCUT2D eigenvalue weighted by atomic mass is 10.0. The molecule has 1 aliphatic heterocycles. The molecule has 2 aromatic rings. The molecule has 6 nitrogen and oxygen atoms in total. The quantitative estimate of drug-likeness (QED) is 0.782. The van der Waals surface area contributed by atoms with Crippen LogP contribution in [0.25, 0.3) is 0 Å². The smallest absolute Gasteiger partial charge is 0.265 e. The summed E-state index contributed by atoms with van der Waals surface area (Å²) in [5, 5.41) is 2.91. The van der Waals surface area contributed by atoms with Crippen molar-refractivity contribution in [2.24, 2.45) is 0 Å². The lowest BCUT2D eigenvalue weighted by molar-refractivity contribution is -0.122. The number of hydrogen-bond donors (Lipinski definition) is 1. The van der Waals surface area contributed by atoms with Gasteiger partial charge in [-0.3, -0.25) is 9.59 Å².